The van der Waals surface area contributed by atoms with Gasteiger partial charge in [0.25, 0.3) is 0 Å². The average Bonchev–Trinajstić information content (AvgIpc) is 2.56. The molecule has 0 N–H and O–H groups in total. The summed E-state index contributed by atoms with van der Waals surface area (Å²) >= 11 is 0. The molecule has 0 aromatic heterocycles. The van der Waals surface area contributed by atoms with Crippen LogP contribution in [0, 0.1) is 0 Å². The normalized spacial score (nSPS) is 10.2. The van der Waals surface area contributed by atoms with E-state index >= 15 is 0 Å². The summed E-state index contributed by atoms with van der Waals surface area (Å²) in [6, 6.07) is 3.30. The number of unbranched alkanes of at least 4 members (excludes halogenated alkanes) is 1. The topological polar surface area (TPSA) is 61.8 Å². The van der Waals surface area contributed by atoms with Gasteiger partial charge in [-0.25, -0.2) is 0 Å². The van der Waals surface area contributed by atoms with Crippen molar-refractivity contribution < 1.29 is 23.8 Å². The summed E-state index contributed by atoms with van der Waals surface area (Å²) in [5.74, 6) is 1.01. The Kier molecular flexibility index (Phi) is 7.43. The molecule has 0 amide bonds. The second kappa shape index (κ2) is 9.07. The summed E-state index contributed by atoms with van der Waals surface area (Å²) in [7, 11) is 2.99. The van der Waals surface area contributed by atoms with Crippen molar-refractivity contribution in [1.82, 2.24) is 0 Å². The Morgan fingerprint density at radius 2 is 1.77 bits per heavy atom. The van der Waals surface area contributed by atoms with Gasteiger partial charge in [-0.3, -0.25) is 9.59 Å². The van der Waals surface area contributed by atoms with Crippen molar-refractivity contribution >= 4 is 11.6 Å². The van der Waals surface area contributed by atoms with Crippen LogP contribution in [0.3, 0.4) is 0 Å². The number of Topliss-reactive ketones (excluding diaryl/α,β-unsaturated/α-hetero) is 2. The number of ether oxygens (including phenoxy) is 3. The Morgan fingerprint density at radius 3 is 2.32 bits per heavy atom. The molecule has 5 heteroatoms. The van der Waals surface area contributed by atoms with E-state index < -0.39 is 0 Å². The standard InChI is InChI=1S/C17H24O5/c1-5-7-8-12(18)11-22-16-13(14(19)6-2)9-10-15(20-3)17(16)21-4/h9-10H,5-8,11H2,1-4H3. The highest BCUT2D eigenvalue weighted by molar-refractivity contribution is 5.99. The van der Waals surface area contributed by atoms with Crippen LogP contribution in [0.5, 0.6) is 17.2 Å². The molecule has 1 aromatic carbocycles. The van der Waals surface area contributed by atoms with E-state index in [0.717, 1.165) is 12.8 Å². The largest absolute Gasteiger partial charge is 0.493 e. The lowest BCUT2D eigenvalue weighted by atomic mass is 10.1. The molecule has 0 aliphatic carbocycles. The summed E-state index contributed by atoms with van der Waals surface area (Å²) in [5, 5.41) is 0. The number of hydrogen-bond donors (Lipinski definition) is 0. The molecule has 0 saturated heterocycles. The highest BCUT2D eigenvalue weighted by Gasteiger charge is 2.21. The van der Waals surface area contributed by atoms with E-state index in [9.17, 15) is 9.59 Å². The van der Waals surface area contributed by atoms with Gasteiger partial charge in [0.15, 0.2) is 23.1 Å². The Hall–Kier alpha value is -2.04. The van der Waals surface area contributed by atoms with Crippen LogP contribution in [-0.4, -0.2) is 32.4 Å². The van der Waals surface area contributed by atoms with Gasteiger partial charge in [0, 0.05) is 12.8 Å². The molecular formula is C17H24O5. The molecule has 1 aromatic rings. The molecule has 0 heterocycles. The third-order valence-corrected chi connectivity index (χ3v) is 3.31. The molecule has 0 fully saturated rings. The molecule has 0 radical (unpaired) electrons. The molecular weight excluding hydrogens is 284 g/mol. The van der Waals surface area contributed by atoms with Crippen molar-refractivity contribution in [2.45, 2.75) is 39.5 Å². The quantitative estimate of drug-likeness (QED) is 0.620. The molecule has 0 bridgehead atoms. The SMILES string of the molecule is CCCCC(=O)COc1c(C(=O)CC)ccc(OC)c1OC. The number of hydrogen-bond acceptors (Lipinski definition) is 5. The maximum atomic E-state index is 12.1. The van der Waals surface area contributed by atoms with Crippen LogP contribution in [0.15, 0.2) is 12.1 Å². The van der Waals surface area contributed by atoms with Gasteiger partial charge in [-0.15, -0.1) is 0 Å². The van der Waals surface area contributed by atoms with Gasteiger partial charge in [-0.1, -0.05) is 20.3 Å². The van der Waals surface area contributed by atoms with Gasteiger partial charge in [0.05, 0.1) is 19.8 Å². The van der Waals surface area contributed by atoms with E-state index in [1.165, 1.54) is 14.2 Å². The molecule has 0 aliphatic rings. The summed E-state index contributed by atoms with van der Waals surface area (Å²) < 4.78 is 16.1. The number of carbonyl (C=O) groups excluding carboxylic acids is 2. The van der Waals surface area contributed by atoms with Crippen molar-refractivity contribution in [3.8, 4) is 17.2 Å². The zero-order valence-electron chi connectivity index (χ0n) is 13.7. The molecule has 0 atom stereocenters. The molecule has 122 valence electrons. The van der Waals surface area contributed by atoms with Crippen LogP contribution in [-0.2, 0) is 4.79 Å². The Balaban J connectivity index is 3.06. The van der Waals surface area contributed by atoms with E-state index in [4.69, 9.17) is 14.2 Å². The average molecular weight is 308 g/mol. The molecule has 0 unspecified atom stereocenters. The molecule has 0 saturated carbocycles. The van der Waals surface area contributed by atoms with Gasteiger partial charge in [-0.05, 0) is 18.6 Å². The highest BCUT2D eigenvalue weighted by atomic mass is 16.5. The lowest BCUT2D eigenvalue weighted by molar-refractivity contribution is -0.121. The summed E-state index contributed by atoms with van der Waals surface area (Å²) in [6.07, 6.45) is 2.60. The lowest BCUT2D eigenvalue weighted by Crippen LogP contribution is -2.14. The maximum absolute atomic E-state index is 12.1. The van der Waals surface area contributed by atoms with Crippen molar-refractivity contribution in [2.75, 3.05) is 20.8 Å². The van der Waals surface area contributed by atoms with E-state index in [0.29, 0.717) is 29.9 Å². The first-order valence-corrected chi connectivity index (χ1v) is 7.51. The van der Waals surface area contributed by atoms with Crippen LogP contribution in [0.2, 0.25) is 0 Å². The van der Waals surface area contributed by atoms with Crippen LogP contribution in [0.4, 0.5) is 0 Å². The molecule has 0 spiro atoms. The summed E-state index contributed by atoms with van der Waals surface area (Å²) in [4.78, 5) is 23.9. The summed E-state index contributed by atoms with van der Waals surface area (Å²) in [5.41, 5.74) is 0.406. The fourth-order valence-corrected chi connectivity index (χ4v) is 2.05. The Bertz CT molecular complexity index is 522. The van der Waals surface area contributed by atoms with Crippen molar-refractivity contribution in [3.63, 3.8) is 0 Å². The Morgan fingerprint density at radius 1 is 1.05 bits per heavy atom. The van der Waals surface area contributed by atoms with Gasteiger partial charge in [0.1, 0.15) is 6.61 Å². The van der Waals surface area contributed by atoms with E-state index in [1.807, 2.05) is 6.92 Å². The van der Waals surface area contributed by atoms with E-state index in [-0.39, 0.29) is 23.9 Å². The van der Waals surface area contributed by atoms with Crippen molar-refractivity contribution in [2.24, 2.45) is 0 Å². The third kappa shape index (κ3) is 4.48. The zero-order chi connectivity index (χ0) is 16.5. The maximum Gasteiger partial charge on any atom is 0.204 e. The number of rotatable bonds is 10. The van der Waals surface area contributed by atoms with Gasteiger partial charge in [0.2, 0.25) is 5.75 Å². The first-order valence-electron chi connectivity index (χ1n) is 7.51. The summed E-state index contributed by atoms with van der Waals surface area (Å²) in [6.45, 7) is 3.72. The lowest BCUT2D eigenvalue weighted by Gasteiger charge is -2.16. The second-order valence-electron chi connectivity index (χ2n) is 4.89. The molecule has 5 nitrogen and oxygen atoms in total. The van der Waals surface area contributed by atoms with Gasteiger partial charge >= 0.3 is 0 Å². The monoisotopic (exact) mass is 308 g/mol. The minimum atomic E-state index is -0.0759. The highest BCUT2D eigenvalue weighted by Crippen LogP contribution is 2.40. The minimum Gasteiger partial charge on any atom is -0.493 e. The number of carbonyl (C=O) groups is 2. The van der Waals surface area contributed by atoms with Crippen LogP contribution >= 0.6 is 0 Å². The number of methoxy groups -OCH3 is 2. The second-order valence-corrected chi connectivity index (χ2v) is 4.89. The fraction of sp³-hybridized carbons (Fsp3) is 0.529. The number of ketones is 2. The molecule has 22 heavy (non-hydrogen) atoms. The number of benzene rings is 1. The first-order chi connectivity index (χ1) is 10.6. The zero-order valence-corrected chi connectivity index (χ0v) is 13.7. The fourth-order valence-electron chi connectivity index (χ4n) is 2.05. The molecule has 0 aliphatic heterocycles. The van der Waals surface area contributed by atoms with Crippen LogP contribution in [0.1, 0.15) is 49.9 Å². The van der Waals surface area contributed by atoms with Crippen molar-refractivity contribution in [1.29, 1.82) is 0 Å². The van der Waals surface area contributed by atoms with E-state index in [2.05, 4.69) is 0 Å². The van der Waals surface area contributed by atoms with Crippen LogP contribution in [0.25, 0.3) is 0 Å². The van der Waals surface area contributed by atoms with Crippen LogP contribution < -0.4 is 14.2 Å². The van der Waals surface area contributed by atoms with Gasteiger partial charge in [-0.2, -0.15) is 0 Å². The smallest absolute Gasteiger partial charge is 0.204 e. The predicted octanol–water partition coefficient (Wildman–Crippen LogP) is 3.43. The third-order valence-electron chi connectivity index (χ3n) is 3.31. The van der Waals surface area contributed by atoms with E-state index in [1.54, 1.807) is 19.1 Å². The Labute approximate surface area is 131 Å². The molecule has 1 rings (SSSR count). The minimum absolute atomic E-state index is 0.00150. The first kappa shape index (κ1) is 18.0. The van der Waals surface area contributed by atoms with Crippen molar-refractivity contribution in [3.05, 3.63) is 17.7 Å². The predicted molar refractivity (Wildman–Crippen MR) is 84.2 cm³/mol. The van der Waals surface area contributed by atoms with Gasteiger partial charge < -0.3 is 14.2 Å².